The number of allylic oxidation sites excluding steroid dienone is 4. The summed E-state index contributed by atoms with van der Waals surface area (Å²) in [5.74, 6) is 0.955. The first-order chi connectivity index (χ1) is 16.6. The summed E-state index contributed by atoms with van der Waals surface area (Å²) in [6.07, 6.45) is 11.7. The average Bonchev–Trinajstić information content (AvgIpc) is 3.33. The molecule has 1 aliphatic carbocycles. The van der Waals surface area contributed by atoms with Gasteiger partial charge in [0.25, 0.3) is 0 Å². The Bertz CT molecular complexity index is 1440. The Balaban J connectivity index is 1.38. The Morgan fingerprint density at radius 1 is 1.09 bits per heavy atom. The number of nitrogens with zero attached hydrogens (tertiary/aromatic N) is 3. The van der Waals surface area contributed by atoms with E-state index in [1.54, 1.807) is 12.4 Å². The van der Waals surface area contributed by atoms with E-state index in [4.69, 9.17) is 16.3 Å². The highest BCUT2D eigenvalue weighted by Crippen LogP contribution is 2.28. The van der Waals surface area contributed by atoms with Crippen LogP contribution in [-0.4, -0.2) is 14.5 Å². The van der Waals surface area contributed by atoms with Crippen molar-refractivity contribution in [2.45, 2.75) is 20.0 Å². The van der Waals surface area contributed by atoms with Crippen molar-refractivity contribution in [2.24, 2.45) is 0 Å². The topological polar surface area (TPSA) is 52.0 Å². The third kappa shape index (κ3) is 4.72. The highest BCUT2D eigenvalue weighted by Gasteiger charge is 2.12. The van der Waals surface area contributed by atoms with Gasteiger partial charge in [0.2, 0.25) is 0 Å². The van der Waals surface area contributed by atoms with Crippen LogP contribution in [-0.2, 0) is 11.3 Å². The molecule has 0 amide bonds. The number of rotatable bonds is 6. The number of hydrogen-bond acceptors (Lipinski definition) is 4. The molecule has 170 valence electrons. The van der Waals surface area contributed by atoms with E-state index < -0.39 is 0 Å². The van der Waals surface area contributed by atoms with Gasteiger partial charge in [0, 0.05) is 35.6 Å². The lowest BCUT2D eigenvalue weighted by atomic mass is 10.1. The van der Waals surface area contributed by atoms with Gasteiger partial charge in [-0.3, -0.25) is 0 Å². The van der Waals surface area contributed by atoms with Gasteiger partial charge < -0.3 is 14.6 Å². The van der Waals surface area contributed by atoms with Gasteiger partial charge in [-0.2, -0.15) is 0 Å². The van der Waals surface area contributed by atoms with Gasteiger partial charge in [0.05, 0.1) is 10.5 Å². The summed E-state index contributed by atoms with van der Waals surface area (Å²) >= 11 is 6.47. The molecule has 7 heteroatoms. The number of anilines is 1. The van der Waals surface area contributed by atoms with Crippen LogP contribution in [0.4, 0.5) is 10.2 Å². The summed E-state index contributed by atoms with van der Waals surface area (Å²) in [4.78, 5) is 8.87. The molecule has 2 heterocycles. The maximum atomic E-state index is 13.6. The van der Waals surface area contributed by atoms with Gasteiger partial charge in [0.15, 0.2) is 0 Å². The number of ether oxygens (including phenoxy) is 1. The maximum Gasteiger partial charge on any atom is 0.141 e. The van der Waals surface area contributed by atoms with E-state index in [0.717, 1.165) is 33.4 Å². The van der Waals surface area contributed by atoms with Crippen molar-refractivity contribution in [3.63, 3.8) is 0 Å². The van der Waals surface area contributed by atoms with Crippen LogP contribution in [0, 0.1) is 12.7 Å². The van der Waals surface area contributed by atoms with Gasteiger partial charge in [-0.1, -0.05) is 23.7 Å². The first-order valence-corrected chi connectivity index (χ1v) is 11.2. The molecule has 0 fully saturated rings. The van der Waals surface area contributed by atoms with Crippen LogP contribution < -0.4 is 5.32 Å². The van der Waals surface area contributed by atoms with Gasteiger partial charge >= 0.3 is 0 Å². The Labute approximate surface area is 201 Å². The molecule has 1 aliphatic rings. The Hall–Kier alpha value is -3.90. The summed E-state index contributed by atoms with van der Waals surface area (Å²) in [7, 11) is 0. The number of nitrogens with one attached hydrogen (secondary N) is 1. The van der Waals surface area contributed by atoms with Crippen LogP contribution in [0.3, 0.4) is 0 Å². The molecule has 1 N–H and O–H groups in total. The van der Waals surface area contributed by atoms with E-state index in [9.17, 15) is 4.39 Å². The molecule has 2 aromatic carbocycles. The van der Waals surface area contributed by atoms with Crippen LogP contribution in [0.25, 0.3) is 16.6 Å². The molecule has 0 unspecified atom stereocenters. The second kappa shape index (κ2) is 9.53. The molecule has 0 saturated heterocycles. The molecule has 0 radical (unpaired) electrons. The molecule has 0 atom stereocenters. The van der Waals surface area contributed by atoms with Crippen molar-refractivity contribution < 1.29 is 9.13 Å². The fourth-order valence-electron chi connectivity index (χ4n) is 3.75. The predicted molar refractivity (Wildman–Crippen MR) is 133 cm³/mol. The monoisotopic (exact) mass is 472 g/mol. The number of aryl methyl sites for hydroxylation is 1. The largest absolute Gasteiger partial charge is 0.487 e. The van der Waals surface area contributed by atoms with Gasteiger partial charge in [-0.25, -0.2) is 14.4 Å². The SMILES string of the molecule is Cc1ccc(F)cc1COC1=CC=C(Nc2ncnc3ccc(-n4cccc4)cc23)CC=C1Cl. The van der Waals surface area contributed by atoms with E-state index in [-0.39, 0.29) is 12.4 Å². The van der Waals surface area contributed by atoms with Gasteiger partial charge in [-0.05, 0) is 72.7 Å². The molecule has 4 aromatic rings. The van der Waals surface area contributed by atoms with Crippen LogP contribution in [0.1, 0.15) is 17.5 Å². The minimum absolute atomic E-state index is 0.231. The average molecular weight is 473 g/mol. The van der Waals surface area contributed by atoms with Crippen molar-refractivity contribution in [3.05, 3.63) is 119 Å². The van der Waals surface area contributed by atoms with Crippen LogP contribution in [0.15, 0.2) is 102 Å². The third-order valence-electron chi connectivity index (χ3n) is 5.67. The molecule has 5 rings (SSSR count). The molecule has 0 saturated carbocycles. The second-order valence-electron chi connectivity index (χ2n) is 7.98. The first kappa shape index (κ1) is 21.9. The second-order valence-corrected chi connectivity index (χ2v) is 8.38. The zero-order valence-corrected chi connectivity index (χ0v) is 19.3. The Morgan fingerprint density at radius 3 is 2.79 bits per heavy atom. The zero-order chi connectivity index (χ0) is 23.5. The Morgan fingerprint density at radius 2 is 1.94 bits per heavy atom. The van der Waals surface area contributed by atoms with E-state index in [2.05, 4.69) is 21.4 Å². The highest BCUT2D eigenvalue weighted by molar-refractivity contribution is 6.31. The van der Waals surface area contributed by atoms with Crippen molar-refractivity contribution >= 4 is 28.3 Å². The lowest BCUT2D eigenvalue weighted by Gasteiger charge is -2.11. The molecule has 0 aliphatic heterocycles. The van der Waals surface area contributed by atoms with Crippen LogP contribution in [0.2, 0.25) is 0 Å². The van der Waals surface area contributed by atoms with Gasteiger partial charge in [-0.15, -0.1) is 0 Å². The maximum absolute atomic E-state index is 13.6. The minimum Gasteiger partial charge on any atom is -0.487 e. The number of aromatic nitrogens is 3. The molecular formula is C27H22ClFN4O. The van der Waals surface area contributed by atoms with E-state index in [1.165, 1.54) is 12.1 Å². The van der Waals surface area contributed by atoms with E-state index >= 15 is 0 Å². The number of hydrogen-bond donors (Lipinski definition) is 1. The molecule has 2 aromatic heterocycles. The van der Waals surface area contributed by atoms with Crippen molar-refractivity contribution in [1.82, 2.24) is 14.5 Å². The standard InChI is InChI=1S/C27H22ClFN4O/c1-18-4-5-20(29)14-19(18)16-34-26-11-7-21(6-9-24(26)28)32-27-23-15-22(33-12-2-3-13-33)8-10-25(23)30-17-31-27/h2-5,7-15,17H,6,16H2,1H3,(H,30,31,32). The first-order valence-electron chi connectivity index (χ1n) is 10.9. The minimum atomic E-state index is -0.288. The normalized spacial score (nSPS) is 13.7. The molecule has 34 heavy (non-hydrogen) atoms. The van der Waals surface area contributed by atoms with E-state index in [0.29, 0.717) is 23.0 Å². The van der Waals surface area contributed by atoms with Crippen LogP contribution >= 0.6 is 11.6 Å². The fraction of sp³-hybridized carbons (Fsp3) is 0.111. The number of benzene rings is 2. The summed E-state index contributed by atoms with van der Waals surface area (Å²) in [5.41, 5.74) is 4.52. The van der Waals surface area contributed by atoms with Crippen molar-refractivity contribution in [3.8, 4) is 5.69 Å². The number of fused-ring (bicyclic) bond motifs is 1. The summed E-state index contributed by atoms with van der Waals surface area (Å²) < 4.78 is 21.5. The molecule has 5 nitrogen and oxygen atoms in total. The molecule has 0 spiro atoms. The summed E-state index contributed by atoms with van der Waals surface area (Å²) in [6.45, 7) is 2.15. The van der Waals surface area contributed by atoms with Crippen molar-refractivity contribution in [2.75, 3.05) is 5.32 Å². The predicted octanol–water partition coefficient (Wildman–Crippen LogP) is 6.79. The number of halogens is 2. The summed E-state index contributed by atoms with van der Waals surface area (Å²) in [6, 6.07) is 14.7. The lowest BCUT2D eigenvalue weighted by Crippen LogP contribution is -2.02. The third-order valence-corrected chi connectivity index (χ3v) is 6.01. The van der Waals surface area contributed by atoms with E-state index in [1.807, 2.05) is 66.4 Å². The lowest BCUT2D eigenvalue weighted by molar-refractivity contribution is 0.208. The smallest absolute Gasteiger partial charge is 0.141 e. The van der Waals surface area contributed by atoms with Crippen molar-refractivity contribution in [1.29, 1.82) is 0 Å². The van der Waals surface area contributed by atoms with Crippen LogP contribution in [0.5, 0.6) is 0 Å². The molecule has 0 bridgehead atoms. The quantitative estimate of drug-likeness (QED) is 0.335. The molecular weight excluding hydrogens is 451 g/mol. The highest BCUT2D eigenvalue weighted by atomic mass is 35.5. The zero-order valence-electron chi connectivity index (χ0n) is 18.5. The Kier molecular flexibility index (Phi) is 6.14. The fourth-order valence-corrected chi connectivity index (χ4v) is 3.94. The summed E-state index contributed by atoms with van der Waals surface area (Å²) in [5, 5.41) is 4.83. The van der Waals surface area contributed by atoms with Gasteiger partial charge in [0.1, 0.15) is 30.3 Å².